The van der Waals surface area contributed by atoms with Crippen LogP contribution in [0.5, 0.6) is 0 Å². The lowest BCUT2D eigenvalue weighted by Crippen LogP contribution is -2.43. The highest BCUT2D eigenvalue weighted by atomic mass is 35.5. The summed E-state index contributed by atoms with van der Waals surface area (Å²) < 4.78 is 65.1. The number of amides is 2. The molecule has 4 N–H and O–H groups in total. The fourth-order valence-electron chi connectivity index (χ4n) is 2.67. The number of benzene rings is 1. The van der Waals surface area contributed by atoms with Gasteiger partial charge in [-0.25, -0.2) is 13.4 Å². The van der Waals surface area contributed by atoms with Crippen LogP contribution in [0.25, 0.3) is 10.4 Å². The summed E-state index contributed by atoms with van der Waals surface area (Å²) in [5, 5.41) is 13.8. The molecule has 0 fully saturated rings. The van der Waals surface area contributed by atoms with Crippen LogP contribution in [0.15, 0.2) is 17.0 Å². The van der Waals surface area contributed by atoms with Gasteiger partial charge in [0.2, 0.25) is 15.9 Å². The maximum Gasteiger partial charge on any atom is 0.404 e. The van der Waals surface area contributed by atoms with Gasteiger partial charge in [0.15, 0.2) is 5.01 Å². The number of nitrogens with zero attached hydrogens (tertiary/aromatic N) is 1. The fraction of sp³-hybridized carbons (Fsp3) is 0.450. The molecule has 0 radical (unpaired) electrons. The molecule has 36 heavy (non-hydrogen) atoms. The van der Waals surface area contributed by atoms with Crippen LogP contribution in [0.1, 0.15) is 36.3 Å². The number of likely N-dealkylation sites (N-methyl/N-ethyl adjacent to an activating group) is 1. The molecule has 0 aliphatic carbocycles. The van der Waals surface area contributed by atoms with Crippen LogP contribution in [-0.2, 0) is 21.2 Å². The average Bonchev–Trinajstić information content (AvgIpc) is 3.15. The van der Waals surface area contributed by atoms with Crippen molar-refractivity contribution < 1.29 is 36.3 Å². The van der Waals surface area contributed by atoms with Gasteiger partial charge in [0.25, 0.3) is 5.91 Å². The van der Waals surface area contributed by atoms with Gasteiger partial charge in [-0.2, -0.15) is 17.9 Å². The van der Waals surface area contributed by atoms with Gasteiger partial charge in [-0.05, 0) is 26.8 Å². The van der Waals surface area contributed by atoms with Gasteiger partial charge in [-0.1, -0.05) is 29.3 Å². The van der Waals surface area contributed by atoms with E-state index in [2.05, 4.69) is 15.6 Å². The summed E-state index contributed by atoms with van der Waals surface area (Å²) in [5.74, 6) is -1.09. The monoisotopic (exact) mass is 590 g/mol. The first-order valence-corrected chi connectivity index (χ1v) is 13.2. The van der Waals surface area contributed by atoms with E-state index < -0.39 is 49.6 Å². The minimum absolute atomic E-state index is 0.0716. The molecule has 0 spiro atoms. The molecule has 1 atom stereocenters. The average molecular weight is 591 g/mol. The van der Waals surface area contributed by atoms with Crippen molar-refractivity contribution >= 4 is 56.4 Å². The smallest absolute Gasteiger partial charge is 0.389 e. The van der Waals surface area contributed by atoms with Crippen LogP contribution in [0.3, 0.4) is 0 Å². The van der Waals surface area contributed by atoms with E-state index >= 15 is 0 Å². The number of aromatic nitrogens is 1. The van der Waals surface area contributed by atoms with Crippen molar-refractivity contribution in [1.29, 1.82) is 0 Å². The van der Waals surface area contributed by atoms with Crippen molar-refractivity contribution in [2.45, 2.75) is 49.9 Å². The molecule has 1 heterocycles. The second-order valence-corrected chi connectivity index (χ2v) is 11.7. The van der Waals surface area contributed by atoms with Crippen LogP contribution in [0, 0.1) is 0 Å². The highest BCUT2D eigenvalue weighted by Crippen LogP contribution is 2.41. The molecule has 200 valence electrons. The number of halogens is 5. The van der Waals surface area contributed by atoms with Crippen LogP contribution in [0.4, 0.5) is 13.2 Å². The van der Waals surface area contributed by atoms with Gasteiger partial charge in [0, 0.05) is 19.2 Å². The molecule has 0 bridgehead atoms. The molecule has 1 aromatic carbocycles. The molecule has 0 saturated carbocycles. The molecule has 2 rings (SSSR count). The summed E-state index contributed by atoms with van der Waals surface area (Å²) in [6.07, 6.45) is -5.09. The van der Waals surface area contributed by atoms with Crippen molar-refractivity contribution in [3.05, 3.63) is 32.9 Å². The number of alkyl halides is 3. The summed E-state index contributed by atoms with van der Waals surface area (Å²) in [6.45, 7) is 3.51. The maximum atomic E-state index is 12.9. The summed E-state index contributed by atoms with van der Waals surface area (Å²) in [6, 6.07) is -0.227. The third-order valence-corrected chi connectivity index (χ3v) is 8.29. The normalized spacial score (nSPS) is 13.4. The number of sulfonamides is 1. The standard InChI is InChI=1S/C20H23Cl2F3N4O5S2/c1-9(20(23,24)25)29-36(33,34)12-6-5-10(14(21)15(12)22)16-11(7-13(30)26-4)28-18(35-16)17(31)27-8-19(2,3)32/h5-6,9,29,32H,7-8H2,1-4H3,(H,26,30)(H,27,31). The highest BCUT2D eigenvalue weighted by molar-refractivity contribution is 7.89. The van der Waals surface area contributed by atoms with Gasteiger partial charge in [0.1, 0.15) is 10.9 Å². The van der Waals surface area contributed by atoms with E-state index in [4.69, 9.17) is 23.2 Å². The van der Waals surface area contributed by atoms with E-state index in [1.54, 1.807) is 0 Å². The van der Waals surface area contributed by atoms with Crippen LogP contribution in [0.2, 0.25) is 10.0 Å². The van der Waals surface area contributed by atoms with E-state index in [0.29, 0.717) is 6.92 Å². The summed E-state index contributed by atoms with van der Waals surface area (Å²) in [4.78, 5) is 28.3. The van der Waals surface area contributed by atoms with Crippen molar-refractivity contribution in [3.8, 4) is 10.4 Å². The number of hydrogen-bond donors (Lipinski definition) is 4. The Morgan fingerprint density at radius 1 is 1.19 bits per heavy atom. The number of aliphatic hydroxyl groups is 1. The SMILES string of the molecule is CNC(=O)Cc1nc(C(=O)NCC(C)(C)O)sc1-c1ccc(S(=O)(=O)NC(C)C(F)(F)F)c(Cl)c1Cl. The third kappa shape index (κ3) is 7.52. The lowest BCUT2D eigenvalue weighted by molar-refractivity contribution is -0.147. The second kappa shape index (κ2) is 11.2. The Morgan fingerprint density at radius 3 is 2.33 bits per heavy atom. The fourth-order valence-corrected chi connectivity index (χ4v) is 5.85. The molecule has 1 unspecified atom stereocenters. The van der Waals surface area contributed by atoms with Crippen molar-refractivity contribution in [2.75, 3.05) is 13.6 Å². The zero-order chi connectivity index (χ0) is 27.6. The minimum Gasteiger partial charge on any atom is -0.389 e. The van der Waals surface area contributed by atoms with Gasteiger partial charge >= 0.3 is 6.18 Å². The molecule has 2 aromatic rings. The molecule has 2 amide bonds. The Bertz CT molecular complexity index is 1260. The number of carbonyl (C=O) groups is 2. The van der Waals surface area contributed by atoms with Gasteiger partial charge in [-0.15, -0.1) is 11.3 Å². The topological polar surface area (TPSA) is 137 Å². The van der Waals surface area contributed by atoms with Crippen molar-refractivity contribution in [2.24, 2.45) is 0 Å². The summed E-state index contributed by atoms with van der Waals surface area (Å²) >= 11 is 13.3. The molecule has 16 heteroatoms. The largest absolute Gasteiger partial charge is 0.404 e. The molecule has 0 saturated heterocycles. The van der Waals surface area contributed by atoms with E-state index in [-0.39, 0.29) is 39.1 Å². The lowest BCUT2D eigenvalue weighted by Gasteiger charge is -2.18. The lowest BCUT2D eigenvalue weighted by atomic mass is 10.1. The summed E-state index contributed by atoms with van der Waals surface area (Å²) in [5.41, 5.74) is -0.955. The third-order valence-electron chi connectivity index (χ3n) is 4.58. The maximum absolute atomic E-state index is 12.9. The first-order valence-electron chi connectivity index (χ1n) is 10.2. The number of nitrogens with one attached hydrogen (secondary N) is 3. The van der Waals surface area contributed by atoms with Crippen LogP contribution >= 0.6 is 34.5 Å². The Morgan fingerprint density at radius 2 is 1.81 bits per heavy atom. The zero-order valence-corrected chi connectivity index (χ0v) is 22.5. The highest BCUT2D eigenvalue weighted by Gasteiger charge is 2.39. The summed E-state index contributed by atoms with van der Waals surface area (Å²) in [7, 11) is -3.32. The van der Waals surface area contributed by atoms with Gasteiger partial charge in [0.05, 0.1) is 32.6 Å². The van der Waals surface area contributed by atoms with E-state index in [1.165, 1.54) is 31.7 Å². The number of hydrogen-bond acceptors (Lipinski definition) is 7. The van der Waals surface area contributed by atoms with Gasteiger partial charge in [-0.3, -0.25) is 9.59 Å². The van der Waals surface area contributed by atoms with Crippen molar-refractivity contribution in [3.63, 3.8) is 0 Å². The Hall–Kier alpha value is -1.97. The Labute approximate surface area is 219 Å². The zero-order valence-electron chi connectivity index (χ0n) is 19.4. The van der Waals surface area contributed by atoms with Crippen molar-refractivity contribution in [1.82, 2.24) is 20.3 Å². The molecular weight excluding hydrogens is 568 g/mol. The second-order valence-electron chi connectivity index (χ2n) is 8.26. The van der Waals surface area contributed by atoms with E-state index in [0.717, 1.165) is 17.4 Å². The first kappa shape index (κ1) is 30.3. The molecule has 9 nitrogen and oxygen atoms in total. The predicted molar refractivity (Wildman–Crippen MR) is 130 cm³/mol. The predicted octanol–water partition coefficient (Wildman–Crippen LogP) is 3.14. The molecule has 1 aromatic heterocycles. The van der Waals surface area contributed by atoms with E-state index in [1.807, 2.05) is 0 Å². The number of carbonyl (C=O) groups excluding carboxylic acids is 2. The molecule has 0 aliphatic heterocycles. The van der Waals surface area contributed by atoms with Crippen LogP contribution < -0.4 is 15.4 Å². The number of rotatable bonds is 9. The molecule has 0 aliphatic rings. The Kier molecular flexibility index (Phi) is 9.40. The van der Waals surface area contributed by atoms with Crippen LogP contribution in [-0.4, -0.2) is 61.7 Å². The molecular formula is C20H23Cl2F3N4O5S2. The van der Waals surface area contributed by atoms with Gasteiger partial charge < -0.3 is 15.7 Å². The van der Waals surface area contributed by atoms with E-state index in [9.17, 15) is 36.3 Å². The Balaban J connectivity index is 2.54. The minimum atomic E-state index is -4.83. The first-order chi connectivity index (χ1) is 16.4. The quantitative estimate of drug-likeness (QED) is 0.354. The number of thiazole rings is 1.